The molecule has 1 heterocycles. The van der Waals surface area contributed by atoms with Gasteiger partial charge < -0.3 is 19.3 Å². The number of carbonyl (C=O) groups is 1. The average molecular weight is 563 g/mol. The van der Waals surface area contributed by atoms with Gasteiger partial charge in [0.15, 0.2) is 11.5 Å². The number of unbranched alkanes of at least 4 members (excludes halogenated alkanes) is 3. The summed E-state index contributed by atoms with van der Waals surface area (Å²) in [6.07, 6.45) is 15.7. The zero-order valence-corrected chi connectivity index (χ0v) is 25.4. The molecule has 0 saturated carbocycles. The molecule has 220 valence electrons. The molecule has 0 aliphatic carbocycles. The molecule has 6 nitrogen and oxygen atoms in total. The van der Waals surface area contributed by atoms with Gasteiger partial charge in [-0.05, 0) is 84.8 Å². The highest BCUT2D eigenvalue weighted by Gasteiger charge is 2.38. The molecule has 1 fully saturated rings. The molecule has 1 aliphatic rings. The van der Waals surface area contributed by atoms with Gasteiger partial charge >= 0.3 is 5.97 Å². The fraction of sp³-hybridized carbons (Fsp3) is 0.656. The van der Waals surface area contributed by atoms with E-state index < -0.39 is 39.8 Å². The van der Waals surface area contributed by atoms with Gasteiger partial charge in [0.25, 0.3) is 0 Å². The lowest BCUT2D eigenvalue weighted by Gasteiger charge is -2.31. The number of rotatable bonds is 16. The van der Waals surface area contributed by atoms with Crippen molar-refractivity contribution >= 4 is 16.8 Å². The van der Waals surface area contributed by atoms with Gasteiger partial charge in [0.2, 0.25) is 0 Å². The third-order valence-corrected chi connectivity index (χ3v) is 8.14. The van der Waals surface area contributed by atoms with Crippen LogP contribution in [0.1, 0.15) is 97.5 Å². The number of hydrogen-bond acceptors (Lipinski definition) is 6. The summed E-state index contributed by atoms with van der Waals surface area (Å²) in [5.74, 6) is -0.676. The van der Waals surface area contributed by atoms with Crippen molar-refractivity contribution in [2.24, 2.45) is 0 Å². The molecule has 0 aromatic heterocycles. The standard InChI is InChI=1S/C32H50O6S/c1-6-7-8-9-10-11-12-13-14-17-26(37-29-18-15-16-23-36-29)24-28(33)30(31(34)38-32(3,4)5)39(35)27-21-19-25(2)20-22-27/h10-11,13-14,19-22,26,28-30,33H,6-9,12,15-18,23-24H2,1-5H3/b11-10-,14-13-/t26?,28?,29-,30+,39?/m0/s1. The van der Waals surface area contributed by atoms with Crippen LogP contribution in [-0.4, -0.2) is 51.2 Å². The summed E-state index contributed by atoms with van der Waals surface area (Å²) >= 11 is 0. The van der Waals surface area contributed by atoms with Gasteiger partial charge in [-0.2, -0.15) is 0 Å². The molecule has 0 radical (unpaired) electrons. The van der Waals surface area contributed by atoms with Crippen LogP contribution in [0.5, 0.6) is 0 Å². The molecule has 0 bridgehead atoms. The maximum absolute atomic E-state index is 13.6. The van der Waals surface area contributed by atoms with E-state index in [2.05, 4.69) is 31.2 Å². The number of hydrogen-bond donors (Lipinski definition) is 1. The van der Waals surface area contributed by atoms with Crippen molar-refractivity contribution in [3.63, 3.8) is 0 Å². The molecule has 1 N–H and O–H groups in total. The molecule has 0 spiro atoms. The van der Waals surface area contributed by atoms with Gasteiger partial charge in [0, 0.05) is 17.9 Å². The zero-order chi connectivity index (χ0) is 28.7. The predicted octanol–water partition coefficient (Wildman–Crippen LogP) is 6.95. The Morgan fingerprint density at radius 1 is 1.13 bits per heavy atom. The predicted molar refractivity (Wildman–Crippen MR) is 158 cm³/mol. The number of carbonyl (C=O) groups excluding carboxylic acids is 1. The summed E-state index contributed by atoms with van der Waals surface area (Å²) in [5, 5.41) is 10.1. The van der Waals surface area contributed by atoms with E-state index in [1.54, 1.807) is 32.9 Å². The maximum atomic E-state index is 13.6. The van der Waals surface area contributed by atoms with Gasteiger partial charge in [0.05, 0.1) is 23.0 Å². The van der Waals surface area contributed by atoms with Crippen molar-refractivity contribution in [2.75, 3.05) is 6.61 Å². The summed E-state index contributed by atoms with van der Waals surface area (Å²) in [5.41, 5.74) is 0.249. The molecule has 1 saturated heterocycles. The number of aliphatic hydroxyl groups excluding tert-OH is 1. The highest BCUT2D eigenvalue weighted by Crippen LogP contribution is 2.25. The lowest BCUT2D eigenvalue weighted by atomic mass is 10.0. The lowest BCUT2D eigenvalue weighted by Crippen LogP contribution is -2.44. The number of ether oxygens (including phenoxy) is 3. The van der Waals surface area contributed by atoms with Gasteiger partial charge in [-0.15, -0.1) is 0 Å². The Balaban J connectivity index is 2.14. The largest absolute Gasteiger partial charge is 0.459 e. The Kier molecular flexibility index (Phi) is 15.2. The fourth-order valence-corrected chi connectivity index (χ4v) is 5.67. The van der Waals surface area contributed by atoms with Crippen molar-refractivity contribution in [2.45, 2.75) is 133 Å². The number of esters is 1. The minimum atomic E-state index is -1.80. The Labute approximate surface area is 238 Å². The minimum Gasteiger partial charge on any atom is -0.459 e. The Morgan fingerprint density at radius 3 is 2.49 bits per heavy atom. The van der Waals surface area contributed by atoms with Gasteiger partial charge in [-0.25, -0.2) is 0 Å². The van der Waals surface area contributed by atoms with E-state index in [1.165, 1.54) is 19.3 Å². The second-order valence-electron chi connectivity index (χ2n) is 11.3. The number of aryl methyl sites for hydroxylation is 1. The van der Waals surface area contributed by atoms with Crippen LogP contribution >= 0.6 is 0 Å². The first-order valence-corrected chi connectivity index (χ1v) is 15.8. The van der Waals surface area contributed by atoms with Crippen molar-refractivity contribution < 1.29 is 28.3 Å². The van der Waals surface area contributed by atoms with E-state index >= 15 is 0 Å². The smallest absolute Gasteiger partial charge is 0.325 e. The van der Waals surface area contributed by atoms with Crippen LogP contribution in [0.3, 0.4) is 0 Å². The number of aliphatic hydroxyl groups is 1. The van der Waals surface area contributed by atoms with Crippen LogP contribution in [0.15, 0.2) is 53.5 Å². The molecule has 7 heteroatoms. The first-order chi connectivity index (χ1) is 18.6. The van der Waals surface area contributed by atoms with E-state index in [1.807, 2.05) is 19.1 Å². The topological polar surface area (TPSA) is 82.1 Å². The van der Waals surface area contributed by atoms with Crippen LogP contribution in [0.4, 0.5) is 0 Å². The van der Waals surface area contributed by atoms with E-state index in [0.717, 1.165) is 37.7 Å². The molecule has 1 aromatic rings. The monoisotopic (exact) mass is 562 g/mol. The zero-order valence-electron chi connectivity index (χ0n) is 24.6. The van der Waals surface area contributed by atoms with Crippen molar-refractivity contribution in [3.8, 4) is 0 Å². The van der Waals surface area contributed by atoms with Crippen LogP contribution in [0, 0.1) is 6.92 Å². The molecule has 2 rings (SSSR count). The Bertz CT molecular complexity index is 912. The maximum Gasteiger partial charge on any atom is 0.325 e. The summed E-state index contributed by atoms with van der Waals surface area (Å²) < 4.78 is 31.2. The summed E-state index contributed by atoms with van der Waals surface area (Å²) in [7, 11) is -1.80. The molecular formula is C32H50O6S. The van der Waals surface area contributed by atoms with Crippen LogP contribution in [0.2, 0.25) is 0 Å². The highest BCUT2D eigenvalue weighted by atomic mass is 32.2. The fourth-order valence-electron chi connectivity index (χ4n) is 4.35. The van der Waals surface area contributed by atoms with Crippen LogP contribution in [0.25, 0.3) is 0 Å². The molecular weight excluding hydrogens is 512 g/mol. The number of benzene rings is 1. The van der Waals surface area contributed by atoms with Gasteiger partial charge in [-0.3, -0.25) is 9.00 Å². The van der Waals surface area contributed by atoms with Crippen molar-refractivity contribution in [1.82, 2.24) is 0 Å². The Hall–Kier alpha value is -1.80. The Morgan fingerprint density at radius 2 is 1.85 bits per heavy atom. The second-order valence-corrected chi connectivity index (χ2v) is 12.9. The molecule has 39 heavy (non-hydrogen) atoms. The van der Waals surface area contributed by atoms with Gasteiger partial charge in [-0.1, -0.05) is 61.8 Å². The third-order valence-electron chi connectivity index (χ3n) is 6.44. The van der Waals surface area contributed by atoms with Crippen LogP contribution in [-0.2, 0) is 29.8 Å². The summed E-state index contributed by atoms with van der Waals surface area (Å²) in [6, 6.07) is 7.16. The molecule has 1 aromatic carbocycles. The van der Waals surface area contributed by atoms with Crippen LogP contribution < -0.4 is 0 Å². The lowest BCUT2D eigenvalue weighted by molar-refractivity contribution is -0.192. The quantitative estimate of drug-likeness (QED) is 0.133. The highest BCUT2D eigenvalue weighted by molar-refractivity contribution is 7.86. The molecule has 5 atom stereocenters. The third kappa shape index (κ3) is 13.4. The van der Waals surface area contributed by atoms with E-state index in [-0.39, 0.29) is 12.7 Å². The molecule has 0 amide bonds. The SMILES string of the molecule is CCCCC/C=C\C/C=C\CC(CC(O)[C@H](C(=O)OC(C)(C)C)S(=O)c1ccc(C)cc1)O[C@H]1CCCCO1. The normalized spacial score (nSPS) is 19.7. The first kappa shape index (κ1) is 33.4. The van der Waals surface area contributed by atoms with E-state index in [0.29, 0.717) is 17.9 Å². The van der Waals surface area contributed by atoms with E-state index in [4.69, 9.17) is 14.2 Å². The second kappa shape index (κ2) is 17.8. The summed E-state index contributed by atoms with van der Waals surface area (Å²) in [6.45, 7) is 10.1. The number of allylic oxidation sites excluding steroid dienone is 3. The molecule has 3 unspecified atom stereocenters. The van der Waals surface area contributed by atoms with Gasteiger partial charge in [0.1, 0.15) is 5.60 Å². The summed E-state index contributed by atoms with van der Waals surface area (Å²) in [4.78, 5) is 13.7. The minimum absolute atomic E-state index is 0.137. The van der Waals surface area contributed by atoms with Crippen molar-refractivity contribution in [3.05, 3.63) is 54.1 Å². The average Bonchev–Trinajstić information content (AvgIpc) is 2.87. The van der Waals surface area contributed by atoms with E-state index in [9.17, 15) is 14.1 Å². The first-order valence-electron chi connectivity index (χ1n) is 14.6. The van der Waals surface area contributed by atoms with Crippen molar-refractivity contribution in [1.29, 1.82) is 0 Å². The molecule has 1 aliphatic heterocycles.